The number of carbonyl (C=O) groups is 1. The summed E-state index contributed by atoms with van der Waals surface area (Å²) in [7, 11) is 0. The first-order valence-electron chi connectivity index (χ1n) is 5.54. The van der Waals surface area contributed by atoms with Gasteiger partial charge in [0.15, 0.2) is 0 Å². The molecule has 1 aliphatic heterocycles. The molecule has 0 aromatic carbocycles. The van der Waals surface area contributed by atoms with E-state index >= 15 is 0 Å². The highest BCUT2D eigenvalue weighted by Gasteiger charge is 2.43. The fraction of sp³-hybridized carbons (Fsp3) is 0.900. The second-order valence-electron chi connectivity index (χ2n) is 4.50. The average Bonchev–Trinajstić information content (AvgIpc) is 2.63. The molecule has 1 fully saturated rings. The van der Waals surface area contributed by atoms with E-state index in [0.29, 0.717) is 0 Å². The van der Waals surface area contributed by atoms with Crippen LogP contribution in [0.4, 0.5) is 0 Å². The number of hydrogen-bond acceptors (Lipinski definition) is 1. The van der Waals surface area contributed by atoms with E-state index in [4.69, 9.17) is 34.8 Å². The van der Waals surface area contributed by atoms with Gasteiger partial charge >= 0.3 is 0 Å². The van der Waals surface area contributed by atoms with Gasteiger partial charge in [0.05, 0.1) is 13.1 Å². The number of nitrogens with one attached hydrogen (secondary N) is 2. The maximum atomic E-state index is 11.7. The number of likely N-dealkylation sites (tertiary alicyclic amines) is 1. The molecule has 3 nitrogen and oxygen atoms in total. The van der Waals surface area contributed by atoms with Gasteiger partial charge in [0.2, 0.25) is 12.1 Å². The molecular formula is C10H18Cl3N2O+. The topological polar surface area (TPSA) is 33.5 Å². The Kier molecular flexibility index (Phi) is 5.17. The van der Waals surface area contributed by atoms with Crippen molar-refractivity contribution in [3.8, 4) is 0 Å². The number of quaternary nitrogens is 1. The zero-order valence-electron chi connectivity index (χ0n) is 9.53. The molecule has 94 valence electrons. The minimum atomic E-state index is -1.45. The van der Waals surface area contributed by atoms with Gasteiger partial charge in [-0.3, -0.25) is 4.79 Å². The summed E-state index contributed by atoms with van der Waals surface area (Å²) in [6.07, 6.45) is 1.78. The van der Waals surface area contributed by atoms with Crippen molar-refractivity contribution in [2.45, 2.75) is 36.6 Å². The Morgan fingerprint density at radius 3 is 2.12 bits per heavy atom. The summed E-state index contributed by atoms with van der Waals surface area (Å²) in [6, 6.07) is 0. The molecule has 1 rings (SSSR count). The summed E-state index contributed by atoms with van der Waals surface area (Å²) in [5.74, 6) is -0.174. The second-order valence-corrected chi connectivity index (χ2v) is 6.87. The van der Waals surface area contributed by atoms with Gasteiger partial charge in [0.1, 0.15) is 0 Å². The lowest BCUT2D eigenvalue weighted by molar-refractivity contribution is -0.915. The van der Waals surface area contributed by atoms with E-state index in [2.05, 4.69) is 5.32 Å². The average molecular weight is 289 g/mol. The van der Waals surface area contributed by atoms with Crippen molar-refractivity contribution in [3.05, 3.63) is 0 Å². The van der Waals surface area contributed by atoms with Crippen LogP contribution in [0.2, 0.25) is 0 Å². The van der Waals surface area contributed by atoms with Crippen LogP contribution >= 0.6 is 34.8 Å². The molecule has 0 unspecified atom stereocenters. The minimum Gasteiger partial charge on any atom is -0.312 e. The highest BCUT2D eigenvalue weighted by Crippen LogP contribution is 2.28. The SMILES string of the molecule is CC(C)C(=O)N[C@H]([NH+]1CCCC1)C(Cl)(Cl)Cl. The number of rotatable bonds is 3. The lowest BCUT2D eigenvalue weighted by Crippen LogP contribution is -3.17. The van der Waals surface area contributed by atoms with Gasteiger partial charge in [-0.2, -0.15) is 0 Å². The highest BCUT2D eigenvalue weighted by molar-refractivity contribution is 6.68. The molecule has 0 aromatic rings. The number of amides is 1. The third-order valence-corrected chi connectivity index (χ3v) is 3.45. The van der Waals surface area contributed by atoms with E-state index in [1.54, 1.807) is 0 Å². The number of alkyl halides is 3. The first kappa shape index (κ1) is 14.4. The molecule has 1 amide bonds. The molecule has 0 aromatic heterocycles. The molecule has 0 bridgehead atoms. The molecule has 1 saturated heterocycles. The Labute approximate surface area is 111 Å². The summed E-state index contributed by atoms with van der Waals surface area (Å²) in [5.41, 5.74) is 0. The Hall–Kier alpha value is 0.300. The molecular weight excluding hydrogens is 270 g/mol. The third-order valence-electron chi connectivity index (χ3n) is 2.79. The normalized spacial score (nSPS) is 20.1. The Balaban J connectivity index is 2.68. The molecule has 1 aliphatic rings. The van der Waals surface area contributed by atoms with E-state index in [1.807, 2.05) is 13.8 Å². The van der Waals surface area contributed by atoms with Gasteiger partial charge in [-0.1, -0.05) is 48.7 Å². The molecule has 0 saturated carbocycles. The fourth-order valence-electron chi connectivity index (χ4n) is 1.84. The molecule has 16 heavy (non-hydrogen) atoms. The lowest BCUT2D eigenvalue weighted by Gasteiger charge is -2.30. The van der Waals surface area contributed by atoms with Gasteiger partial charge in [-0.05, 0) is 0 Å². The first-order chi connectivity index (χ1) is 7.32. The van der Waals surface area contributed by atoms with Crippen LogP contribution in [-0.4, -0.2) is 29.0 Å². The Morgan fingerprint density at radius 1 is 1.25 bits per heavy atom. The predicted octanol–water partition coefficient (Wildman–Crippen LogP) is 1.13. The molecule has 2 N–H and O–H groups in total. The zero-order valence-corrected chi connectivity index (χ0v) is 11.8. The first-order valence-corrected chi connectivity index (χ1v) is 6.67. The van der Waals surface area contributed by atoms with Crippen molar-refractivity contribution in [1.29, 1.82) is 0 Å². The number of halogens is 3. The van der Waals surface area contributed by atoms with Crippen LogP contribution in [-0.2, 0) is 4.79 Å². The lowest BCUT2D eigenvalue weighted by atomic mass is 10.2. The van der Waals surface area contributed by atoms with Crippen molar-refractivity contribution in [2.75, 3.05) is 13.1 Å². The van der Waals surface area contributed by atoms with Crippen molar-refractivity contribution in [2.24, 2.45) is 5.92 Å². The van der Waals surface area contributed by atoms with Crippen LogP contribution in [0.1, 0.15) is 26.7 Å². The number of carbonyl (C=O) groups excluding carboxylic acids is 1. The summed E-state index contributed by atoms with van der Waals surface area (Å²) in [4.78, 5) is 12.8. The Bertz CT molecular complexity index is 247. The van der Waals surface area contributed by atoms with Crippen LogP contribution in [0, 0.1) is 5.92 Å². The van der Waals surface area contributed by atoms with E-state index in [0.717, 1.165) is 30.8 Å². The van der Waals surface area contributed by atoms with Crippen molar-refractivity contribution < 1.29 is 9.69 Å². The van der Waals surface area contributed by atoms with E-state index in [-0.39, 0.29) is 11.8 Å². The zero-order chi connectivity index (χ0) is 12.3. The van der Waals surface area contributed by atoms with Crippen molar-refractivity contribution in [1.82, 2.24) is 5.32 Å². The standard InChI is InChI=1S/C10H17Cl3N2O/c1-7(2)8(16)14-9(10(11,12)13)15-5-3-4-6-15/h7,9H,3-6H2,1-2H3,(H,14,16)/p+1/t9-/m1/s1. The predicted molar refractivity (Wildman–Crippen MR) is 67.0 cm³/mol. The molecule has 1 heterocycles. The van der Waals surface area contributed by atoms with E-state index in [9.17, 15) is 4.79 Å². The summed E-state index contributed by atoms with van der Waals surface area (Å²) >= 11 is 17.8. The van der Waals surface area contributed by atoms with Gasteiger partial charge in [0.25, 0.3) is 3.79 Å². The van der Waals surface area contributed by atoms with Gasteiger partial charge < -0.3 is 10.2 Å². The van der Waals surface area contributed by atoms with Crippen LogP contribution < -0.4 is 10.2 Å². The van der Waals surface area contributed by atoms with Crippen LogP contribution in [0.25, 0.3) is 0 Å². The molecule has 6 heteroatoms. The largest absolute Gasteiger partial charge is 0.312 e. The Morgan fingerprint density at radius 2 is 1.75 bits per heavy atom. The van der Waals surface area contributed by atoms with Crippen LogP contribution in [0.3, 0.4) is 0 Å². The highest BCUT2D eigenvalue weighted by atomic mass is 35.6. The van der Waals surface area contributed by atoms with Gasteiger partial charge in [-0.15, -0.1) is 0 Å². The summed E-state index contributed by atoms with van der Waals surface area (Å²) in [6.45, 7) is 5.53. The molecule has 0 aliphatic carbocycles. The van der Waals surface area contributed by atoms with E-state index in [1.165, 1.54) is 0 Å². The van der Waals surface area contributed by atoms with Crippen molar-refractivity contribution in [3.63, 3.8) is 0 Å². The maximum absolute atomic E-state index is 11.7. The van der Waals surface area contributed by atoms with Crippen molar-refractivity contribution >= 4 is 40.7 Å². The van der Waals surface area contributed by atoms with Crippen LogP contribution in [0.5, 0.6) is 0 Å². The van der Waals surface area contributed by atoms with Gasteiger partial charge in [0, 0.05) is 18.8 Å². The van der Waals surface area contributed by atoms with Crippen LogP contribution in [0.15, 0.2) is 0 Å². The monoisotopic (exact) mass is 287 g/mol. The summed E-state index contributed by atoms with van der Waals surface area (Å²) < 4.78 is -1.45. The molecule has 0 spiro atoms. The smallest absolute Gasteiger partial charge is 0.262 e. The third kappa shape index (κ3) is 3.95. The van der Waals surface area contributed by atoms with Gasteiger partial charge in [-0.25, -0.2) is 0 Å². The second kappa shape index (κ2) is 5.76. The minimum absolute atomic E-state index is 0.0734. The van der Waals surface area contributed by atoms with E-state index < -0.39 is 9.96 Å². The number of hydrogen-bond donors (Lipinski definition) is 2. The fourth-order valence-corrected chi connectivity index (χ4v) is 2.47. The summed E-state index contributed by atoms with van der Waals surface area (Å²) in [5, 5.41) is 2.83. The molecule has 1 atom stereocenters. The maximum Gasteiger partial charge on any atom is 0.262 e. The molecule has 0 radical (unpaired) electrons. The quantitative estimate of drug-likeness (QED) is 0.750.